The van der Waals surface area contributed by atoms with Crippen molar-refractivity contribution >= 4 is 0 Å². The van der Waals surface area contributed by atoms with Crippen LogP contribution in [0.3, 0.4) is 0 Å². The SMILES string of the molecule is CCCCCCCCCCCCCN.CCCCCCCCCCCN. The van der Waals surface area contributed by atoms with E-state index >= 15 is 0 Å². The van der Waals surface area contributed by atoms with Gasteiger partial charge in [-0.3, -0.25) is 0 Å². The second kappa shape index (κ2) is 29.7. The van der Waals surface area contributed by atoms with E-state index in [-0.39, 0.29) is 0 Å². The molecule has 0 aliphatic heterocycles. The fourth-order valence-electron chi connectivity index (χ4n) is 3.26. The normalized spacial score (nSPS) is 10.6. The first-order chi connectivity index (χ1) is 12.8. The molecule has 2 heteroatoms. The predicted molar refractivity (Wildman–Crippen MR) is 122 cm³/mol. The minimum absolute atomic E-state index is 0.871. The molecule has 0 bridgehead atoms. The number of hydrogen-bond acceptors (Lipinski definition) is 2. The largest absolute Gasteiger partial charge is 0.330 e. The van der Waals surface area contributed by atoms with E-state index in [1.807, 2.05) is 0 Å². The van der Waals surface area contributed by atoms with Gasteiger partial charge >= 0.3 is 0 Å². The van der Waals surface area contributed by atoms with Crippen LogP contribution in [0.5, 0.6) is 0 Å². The van der Waals surface area contributed by atoms with Crippen molar-refractivity contribution < 1.29 is 0 Å². The van der Waals surface area contributed by atoms with Crippen LogP contribution in [0.4, 0.5) is 0 Å². The van der Waals surface area contributed by atoms with Gasteiger partial charge in [0.25, 0.3) is 0 Å². The fraction of sp³-hybridized carbons (Fsp3) is 1.00. The maximum atomic E-state index is 5.44. The van der Waals surface area contributed by atoms with Gasteiger partial charge in [0.05, 0.1) is 0 Å². The topological polar surface area (TPSA) is 52.0 Å². The molecule has 0 saturated carbocycles. The number of rotatable bonds is 20. The van der Waals surface area contributed by atoms with Crippen LogP contribution in [-0.4, -0.2) is 13.1 Å². The summed E-state index contributed by atoms with van der Waals surface area (Å²) in [4.78, 5) is 0. The lowest BCUT2D eigenvalue weighted by atomic mass is 10.1. The minimum atomic E-state index is 0.871. The van der Waals surface area contributed by atoms with Crippen LogP contribution in [0, 0.1) is 0 Å². The van der Waals surface area contributed by atoms with Crippen molar-refractivity contribution in [3.63, 3.8) is 0 Å². The zero-order chi connectivity index (χ0) is 19.6. The quantitative estimate of drug-likeness (QED) is 0.215. The Bertz CT molecular complexity index is 184. The van der Waals surface area contributed by atoms with Gasteiger partial charge in [0.1, 0.15) is 0 Å². The molecule has 0 heterocycles. The molecule has 0 spiro atoms. The third-order valence-electron chi connectivity index (χ3n) is 5.12. The first-order valence-corrected chi connectivity index (χ1v) is 12.2. The Morgan fingerprint density at radius 1 is 0.308 bits per heavy atom. The standard InChI is InChI=1S/C13H29N.C11H25N/c1-2-3-4-5-6-7-8-9-10-11-12-13-14;1-2-3-4-5-6-7-8-9-10-11-12/h2-14H2,1H3;2-12H2,1H3. The molecule has 2 nitrogen and oxygen atoms in total. The number of nitrogens with two attached hydrogens (primary N) is 2. The summed E-state index contributed by atoms with van der Waals surface area (Å²) in [6, 6.07) is 0. The Labute approximate surface area is 167 Å². The summed E-state index contributed by atoms with van der Waals surface area (Å²) in [6.07, 6.45) is 27.9. The van der Waals surface area contributed by atoms with E-state index in [2.05, 4.69) is 13.8 Å². The van der Waals surface area contributed by atoms with Crippen molar-refractivity contribution in [3.05, 3.63) is 0 Å². The van der Waals surface area contributed by atoms with Crippen molar-refractivity contribution in [2.75, 3.05) is 13.1 Å². The summed E-state index contributed by atoms with van der Waals surface area (Å²) in [7, 11) is 0. The third kappa shape index (κ3) is 31.7. The van der Waals surface area contributed by atoms with Crippen LogP contribution in [0.2, 0.25) is 0 Å². The molecular weight excluding hydrogens is 316 g/mol. The van der Waals surface area contributed by atoms with Crippen LogP contribution in [0.15, 0.2) is 0 Å². The third-order valence-corrected chi connectivity index (χ3v) is 5.12. The zero-order valence-corrected chi connectivity index (χ0v) is 18.7. The van der Waals surface area contributed by atoms with E-state index in [1.165, 1.54) is 128 Å². The molecule has 0 aromatic heterocycles. The van der Waals surface area contributed by atoms with Crippen LogP contribution < -0.4 is 11.5 Å². The monoisotopic (exact) mass is 370 g/mol. The highest BCUT2D eigenvalue weighted by molar-refractivity contribution is 4.48. The summed E-state index contributed by atoms with van der Waals surface area (Å²) >= 11 is 0. The van der Waals surface area contributed by atoms with E-state index in [9.17, 15) is 0 Å². The molecule has 0 rings (SSSR count). The van der Waals surface area contributed by atoms with Crippen molar-refractivity contribution in [1.29, 1.82) is 0 Å². The Morgan fingerprint density at radius 2 is 0.500 bits per heavy atom. The van der Waals surface area contributed by atoms with Crippen LogP contribution >= 0.6 is 0 Å². The van der Waals surface area contributed by atoms with Crippen molar-refractivity contribution in [2.24, 2.45) is 11.5 Å². The lowest BCUT2D eigenvalue weighted by Crippen LogP contribution is -1.97. The second-order valence-corrected chi connectivity index (χ2v) is 7.94. The van der Waals surface area contributed by atoms with Gasteiger partial charge in [-0.05, 0) is 25.9 Å². The highest BCUT2D eigenvalue weighted by Crippen LogP contribution is 2.11. The van der Waals surface area contributed by atoms with Crippen molar-refractivity contribution in [3.8, 4) is 0 Å². The molecule has 0 saturated heterocycles. The van der Waals surface area contributed by atoms with Crippen molar-refractivity contribution in [1.82, 2.24) is 0 Å². The molecule has 0 aromatic rings. The Kier molecular flexibility index (Phi) is 32.1. The maximum absolute atomic E-state index is 5.44. The van der Waals surface area contributed by atoms with Crippen molar-refractivity contribution in [2.45, 2.75) is 142 Å². The van der Waals surface area contributed by atoms with Crippen LogP contribution in [0.1, 0.15) is 142 Å². The molecule has 4 N–H and O–H groups in total. The summed E-state index contributed by atoms with van der Waals surface area (Å²) in [5.41, 5.74) is 10.8. The average molecular weight is 371 g/mol. The molecule has 0 aliphatic carbocycles. The lowest BCUT2D eigenvalue weighted by molar-refractivity contribution is 0.551. The van der Waals surface area contributed by atoms with Gasteiger partial charge in [-0.2, -0.15) is 0 Å². The Hall–Kier alpha value is -0.0800. The molecule has 0 fully saturated rings. The van der Waals surface area contributed by atoms with E-state index in [1.54, 1.807) is 0 Å². The van der Waals surface area contributed by atoms with E-state index < -0.39 is 0 Å². The van der Waals surface area contributed by atoms with E-state index in [0.717, 1.165) is 13.1 Å². The van der Waals surface area contributed by atoms with Crippen LogP contribution in [0.25, 0.3) is 0 Å². The molecular formula is C24H54N2. The second-order valence-electron chi connectivity index (χ2n) is 7.94. The van der Waals surface area contributed by atoms with Gasteiger partial charge in [0, 0.05) is 0 Å². The maximum Gasteiger partial charge on any atom is -0.00773 e. The molecule has 0 amide bonds. The van der Waals surface area contributed by atoms with Gasteiger partial charge in [-0.25, -0.2) is 0 Å². The molecule has 0 radical (unpaired) electrons. The van der Waals surface area contributed by atoms with Gasteiger partial charge in [-0.15, -0.1) is 0 Å². The van der Waals surface area contributed by atoms with E-state index in [0.29, 0.717) is 0 Å². The summed E-state index contributed by atoms with van der Waals surface area (Å²) in [6.45, 7) is 6.28. The Morgan fingerprint density at radius 3 is 0.692 bits per heavy atom. The number of unbranched alkanes of at least 4 members (excludes halogenated alkanes) is 18. The van der Waals surface area contributed by atoms with Crippen LogP contribution in [-0.2, 0) is 0 Å². The summed E-state index contributed by atoms with van der Waals surface area (Å²) in [5, 5.41) is 0. The average Bonchev–Trinajstić information content (AvgIpc) is 2.66. The van der Waals surface area contributed by atoms with Gasteiger partial charge in [-0.1, -0.05) is 129 Å². The molecule has 160 valence electrons. The smallest absolute Gasteiger partial charge is 0.00773 e. The number of hydrogen-bond donors (Lipinski definition) is 2. The predicted octanol–water partition coefficient (Wildman–Crippen LogP) is 7.73. The molecule has 0 atom stereocenters. The van der Waals surface area contributed by atoms with E-state index in [4.69, 9.17) is 11.5 Å². The highest BCUT2D eigenvalue weighted by Gasteiger charge is 1.92. The Balaban J connectivity index is 0. The summed E-state index contributed by atoms with van der Waals surface area (Å²) in [5.74, 6) is 0. The highest BCUT2D eigenvalue weighted by atomic mass is 14.5. The van der Waals surface area contributed by atoms with Gasteiger partial charge in [0.15, 0.2) is 0 Å². The summed E-state index contributed by atoms with van der Waals surface area (Å²) < 4.78 is 0. The van der Waals surface area contributed by atoms with Gasteiger partial charge in [0.2, 0.25) is 0 Å². The molecule has 0 aliphatic rings. The first kappa shape index (κ1) is 28.1. The zero-order valence-electron chi connectivity index (χ0n) is 18.7. The molecule has 0 unspecified atom stereocenters. The molecule has 26 heavy (non-hydrogen) atoms. The minimum Gasteiger partial charge on any atom is -0.330 e. The van der Waals surface area contributed by atoms with Gasteiger partial charge < -0.3 is 11.5 Å². The lowest BCUT2D eigenvalue weighted by Gasteiger charge is -2.01. The molecule has 0 aromatic carbocycles. The first-order valence-electron chi connectivity index (χ1n) is 12.2. The fourth-order valence-corrected chi connectivity index (χ4v) is 3.26.